The molecule has 6 nitrogen and oxygen atoms in total. The lowest BCUT2D eigenvalue weighted by atomic mass is 10.0. The molecule has 0 fully saturated rings. The molecular weight excluding hydrogens is 839 g/mol. The van der Waals surface area contributed by atoms with Gasteiger partial charge in [0.2, 0.25) is 5.91 Å². The fourth-order valence-electron chi connectivity index (χ4n) is 8.64. The first kappa shape index (κ1) is 65.3. The Hall–Kier alpha value is -2.70. The van der Waals surface area contributed by atoms with E-state index in [1.807, 2.05) is 0 Å². The molecule has 0 radical (unpaired) electrons. The van der Waals surface area contributed by atoms with Gasteiger partial charge < -0.3 is 20.3 Å². The number of allylic oxidation sites excluding steroid dienone is 12. The third kappa shape index (κ3) is 49.7. The lowest BCUT2D eigenvalue weighted by molar-refractivity contribution is -0.151. The van der Waals surface area contributed by atoms with Crippen LogP contribution in [0.15, 0.2) is 72.9 Å². The number of aliphatic hydroxyl groups excluding tert-OH is 2. The van der Waals surface area contributed by atoms with E-state index in [9.17, 15) is 19.8 Å². The van der Waals surface area contributed by atoms with Gasteiger partial charge in [0.15, 0.2) is 0 Å². The number of carbonyl (C=O) groups excluding carboxylic acids is 2. The number of amides is 1. The molecular formula is C62H111NO5. The van der Waals surface area contributed by atoms with E-state index in [-0.39, 0.29) is 24.9 Å². The van der Waals surface area contributed by atoms with Gasteiger partial charge in [0.25, 0.3) is 0 Å². The summed E-state index contributed by atoms with van der Waals surface area (Å²) in [6.07, 6.45) is 71.1. The Morgan fingerprint density at radius 1 is 0.441 bits per heavy atom. The zero-order valence-electron chi connectivity index (χ0n) is 45.0. The summed E-state index contributed by atoms with van der Waals surface area (Å²) in [6, 6.07) is -0.724. The summed E-state index contributed by atoms with van der Waals surface area (Å²) in [5.74, 6) is -0.530. The number of aliphatic hydroxyl groups is 2. The van der Waals surface area contributed by atoms with E-state index >= 15 is 0 Å². The molecule has 0 spiro atoms. The van der Waals surface area contributed by atoms with Crippen LogP contribution in [0.4, 0.5) is 0 Å². The third-order valence-electron chi connectivity index (χ3n) is 13.0. The molecule has 0 heterocycles. The minimum absolute atomic E-state index is 0.0355. The molecule has 0 bridgehead atoms. The highest BCUT2D eigenvalue weighted by Gasteiger charge is 2.24. The lowest BCUT2D eigenvalue weighted by Gasteiger charge is -2.24. The van der Waals surface area contributed by atoms with Gasteiger partial charge in [-0.1, -0.05) is 254 Å². The smallest absolute Gasteiger partial charge is 0.306 e. The van der Waals surface area contributed by atoms with Crippen LogP contribution in [0.2, 0.25) is 0 Å². The van der Waals surface area contributed by atoms with Gasteiger partial charge >= 0.3 is 5.97 Å². The summed E-state index contributed by atoms with van der Waals surface area (Å²) in [4.78, 5) is 26.3. The average Bonchev–Trinajstić information content (AvgIpc) is 3.33. The van der Waals surface area contributed by atoms with Crippen LogP contribution in [0.5, 0.6) is 0 Å². The minimum atomic E-state index is -0.807. The summed E-state index contributed by atoms with van der Waals surface area (Å²) >= 11 is 0. The van der Waals surface area contributed by atoms with Crippen molar-refractivity contribution in [1.29, 1.82) is 0 Å². The van der Waals surface area contributed by atoms with E-state index in [1.165, 1.54) is 154 Å². The fourth-order valence-corrected chi connectivity index (χ4v) is 8.64. The summed E-state index contributed by atoms with van der Waals surface area (Å²) < 4.78 is 5.93. The number of unbranched alkanes of at least 4 members (excludes halogenated alkanes) is 28. The number of nitrogens with one attached hydrogen (secondary N) is 1. The number of rotatable bonds is 52. The third-order valence-corrected chi connectivity index (χ3v) is 13.0. The maximum atomic E-state index is 13.3. The Morgan fingerprint density at radius 2 is 0.809 bits per heavy atom. The summed E-state index contributed by atoms with van der Waals surface area (Å²) in [5, 5.41) is 23.9. The Morgan fingerprint density at radius 3 is 1.26 bits per heavy atom. The number of esters is 1. The first-order valence-corrected chi connectivity index (χ1v) is 29.2. The van der Waals surface area contributed by atoms with Crippen molar-refractivity contribution >= 4 is 11.9 Å². The van der Waals surface area contributed by atoms with Gasteiger partial charge in [-0.15, -0.1) is 0 Å². The molecule has 0 saturated carbocycles. The maximum Gasteiger partial charge on any atom is 0.306 e. The molecule has 0 aliphatic rings. The molecule has 6 heteroatoms. The first-order valence-electron chi connectivity index (χ1n) is 29.2. The van der Waals surface area contributed by atoms with Gasteiger partial charge in [-0.3, -0.25) is 9.59 Å². The zero-order valence-corrected chi connectivity index (χ0v) is 45.0. The summed E-state index contributed by atoms with van der Waals surface area (Å²) in [6.45, 7) is 6.37. The second kappa shape index (κ2) is 55.2. The first-order chi connectivity index (χ1) is 33.5. The molecule has 3 atom stereocenters. The van der Waals surface area contributed by atoms with Crippen LogP contribution in [-0.4, -0.2) is 46.9 Å². The molecule has 394 valence electrons. The number of carbonyl (C=O) groups is 2. The van der Waals surface area contributed by atoms with Gasteiger partial charge in [-0.2, -0.15) is 0 Å². The summed E-state index contributed by atoms with van der Waals surface area (Å²) in [5.41, 5.74) is 0. The van der Waals surface area contributed by atoms with Crippen LogP contribution in [0.25, 0.3) is 0 Å². The monoisotopic (exact) mass is 950 g/mol. The van der Waals surface area contributed by atoms with E-state index in [2.05, 4.69) is 99.0 Å². The highest BCUT2D eigenvalue weighted by Crippen LogP contribution is 2.18. The van der Waals surface area contributed by atoms with Gasteiger partial charge in [-0.25, -0.2) is 0 Å². The van der Waals surface area contributed by atoms with Crippen LogP contribution < -0.4 is 5.32 Å². The number of hydrogen-bond acceptors (Lipinski definition) is 5. The topological polar surface area (TPSA) is 95.9 Å². The van der Waals surface area contributed by atoms with E-state index in [0.717, 1.165) is 83.5 Å². The van der Waals surface area contributed by atoms with Crippen LogP contribution in [-0.2, 0) is 14.3 Å². The molecule has 1 amide bonds. The SMILES string of the molecule is CC/C=C\C/C=C\C/C=C\C/C=C\C/C=C\CCCC(CC(=O)NC(CO)C(O)CCCCCCCCCCCCCCCCCCC)OC(=O)CCCCCCCCC/C=C\CCCCCC. The predicted molar refractivity (Wildman–Crippen MR) is 296 cm³/mol. The van der Waals surface area contributed by atoms with Gasteiger partial charge in [0, 0.05) is 6.42 Å². The molecule has 0 aliphatic carbocycles. The zero-order chi connectivity index (χ0) is 49.5. The Kier molecular flexibility index (Phi) is 53.0. The van der Waals surface area contributed by atoms with Crippen molar-refractivity contribution in [1.82, 2.24) is 5.32 Å². The molecule has 0 aromatic rings. The molecule has 3 unspecified atom stereocenters. The normalized spacial score (nSPS) is 13.7. The van der Waals surface area contributed by atoms with Crippen molar-refractivity contribution < 1.29 is 24.5 Å². The molecule has 0 saturated heterocycles. The highest BCUT2D eigenvalue weighted by atomic mass is 16.5. The Balaban J connectivity index is 4.64. The fraction of sp³-hybridized carbons (Fsp3) is 0.774. The second-order valence-electron chi connectivity index (χ2n) is 19.7. The standard InChI is InChI=1S/C62H111NO5/c1-4-7-10-13-16-19-22-25-28-30-33-35-38-41-44-47-50-53-58(68-62(67)55-52-49-46-43-40-37-32-27-24-21-18-15-12-9-6-3)56-61(66)63-59(57-64)60(65)54-51-48-45-42-39-36-34-31-29-26-23-20-17-14-11-8-5-2/h7,10,16,19,21,24-25,28,33,35,41,44,58-60,64-65H,4-6,8-9,11-15,17-18,20,22-23,26-27,29-32,34,36-40,42-43,45-57H2,1-3H3,(H,63,66)/b10-7-,19-16-,24-21-,28-25-,35-33-,44-41-. The molecule has 0 rings (SSSR count). The molecule has 3 N–H and O–H groups in total. The van der Waals surface area contributed by atoms with E-state index in [4.69, 9.17) is 4.74 Å². The van der Waals surface area contributed by atoms with E-state index in [1.54, 1.807) is 0 Å². The number of ether oxygens (including phenoxy) is 1. The van der Waals surface area contributed by atoms with Crippen LogP contribution >= 0.6 is 0 Å². The largest absolute Gasteiger partial charge is 0.462 e. The average molecular weight is 951 g/mol. The lowest BCUT2D eigenvalue weighted by Crippen LogP contribution is -2.46. The van der Waals surface area contributed by atoms with Crippen LogP contribution in [0.1, 0.15) is 284 Å². The molecule has 0 aromatic carbocycles. The van der Waals surface area contributed by atoms with Gasteiger partial charge in [0.05, 0.1) is 25.2 Å². The minimum Gasteiger partial charge on any atom is -0.462 e. The highest BCUT2D eigenvalue weighted by molar-refractivity contribution is 5.77. The predicted octanol–water partition coefficient (Wildman–Crippen LogP) is 18.1. The quantitative estimate of drug-likeness (QED) is 0.0321. The summed E-state index contributed by atoms with van der Waals surface area (Å²) in [7, 11) is 0. The van der Waals surface area contributed by atoms with Crippen LogP contribution in [0.3, 0.4) is 0 Å². The van der Waals surface area contributed by atoms with Gasteiger partial charge in [0.1, 0.15) is 6.10 Å². The maximum absolute atomic E-state index is 13.3. The van der Waals surface area contributed by atoms with Crippen molar-refractivity contribution in [2.24, 2.45) is 0 Å². The van der Waals surface area contributed by atoms with Gasteiger partial charge in [-0.05, 0) is 89.9 Å². The van der Waals surface area contributed by atoms with Crippen LogP contribution in [0, 0.1) is 0 Å². The van der Waals surface area contributed by atoms with Crippen molar-refractivity contribution in [3.05, 3.63) is 72.9 Å². The number of hydrogen-bond donors (Lipinski definition) is 3. The van der Waals surface area contributed by atoms with Crippen molar-refractivity contribution in [2.75, 3.05) is 6.61 Å². The van der Waals surface area contributed by atoms with E-state index < -0.39 is 18.2 Å². The Bertz CT molecular complexity index is 1250. The molecule has 68 heavy (non-hydrogen) atoms. The Labute approximate surface area is 421 Å². The van der Waals surface area contributed by atoms with Crippen molar-refractivity contribution in [3.8, 4) is 0 Å². The molecule has 0 aliphatic heterocycles. The van der Waals surface area contributed by atoms with E-state index in [0.29, 0.717) is 19.3 Å². The van der Waals surface area contributed by atoms with Crippen molar-refractivity contribution in [3.63, 3.8) is 0 Å². The van der Waals surface area contributed by atoms with Crippen molar-refractivity contribution in [2.45, 2.75) is 302 Å². The molecule has 0 aromatic heterocycles. The second-order valence-corrected chi connectivity index (χ2v) is 19.7.